The van der Waals surface area contributed by atoms with Crippen molar-refractivity contribution in [2.45, 2.75) is 13.3 Å². The summed E-state index contributed by atoms with van der Waals surface area (Å²) in [6.45, 7) is 1.79. The normalized spacial score (nSPS) is 12.4. The van der Waals surface area contributed by atoms with Crippen molar-refractivity contribution >= 4 is 34.4 Å². The average Bonchev–Trinajstić information content (AvgIpc) is 3.19. The summed E-state index contributed by atoms with van der Waals surface area (Å²) in [6, 6.07) is 8.52. The Labute approximate surface area is 184 Å². The summed E-state index contributed by atoms with van der Waals surface area (Å²) in [6.07, 6.45) is -4.82. The van der Waals surface area contributed by atoms with Gasteiger partial charge in [-0.05, 0) is 43.3 Å². The Balaban J connectivity index is 1.57. The zero-order valence-corrected chi connectivity index (χ0v) is 17.0. The minimum Gasteiger partial charge on any atom is -0.462 e. The number of aromatic nitrogens is 1. The summed E-state index contributed by atoms with van der Waals surface area (Å²) in [7, 11) is 0. The topological polar surface area (TPSA) is 108 Å². The number of nitrogens with one attached hydrogen (secondary N) is 2. The predicted octanol–water partition coefficient (Wildman–Crippen LogP) is 4.68. The summed E-state index contributed by atoms with van der Waals surface area (Å²) in [5.74, 6) is -0.248. The molecule has 0 spiro atoms. The Morgan fingerprint density at radius 3 is 2.42 bits per heavy atom. The van der Waals surface area contributed by atoms with Gasteiger partial charge in [-0.3, -0.25) is 5.32 Å². The van der Waals surface area contributed by atoms with E-state index in [0.29, 0.717) is 22.4 Å². The number of anilines is 2. The molecule has 12 heteroatoms. The van der Waals surface area contributed by atoms with Crippen LogP contribution in [-0.4, -0.2) is 36.7 Å². The number of rotatable bonds is 5. The molecule has 0 fully saturated rings. The Kier molecular flexibility index (Phi) is 5.82. The fourth-order valence-corrected chi connectivity index (χ4v) is 3.03. The highest BCUT2D eigenvalue weighted by molar-refractivity contribution is 6.06. The van der Waals surface area contributed by atoms with Gasteiger partial charge in [-0.2, -0.15) is 0 Å². The molecule has 4 rings (SSSR count). The van der Waals surface area contributed by atoms with Gasteiger partial charge in [0.15, 0.2) is 11.5 Å². The van der Waals surface area contributed by atoms with Crippen LogP contribution >= 0.6 is 0 Å². The molecule has 0 unspecified atom stereocenters. The number of urea groups is 1. The van der Waals surface area contributed by atoms with E-state index in [1.165, 1.54) is 18.2 Å². The molecule has 0 saturated carbocycles. The molecule has 0 bridgehead atoms. The Hall–Kier alpha value is -4.22. The lowest BCUT2D eigenvalue weighted by atomic mass is 10.1. The molecule has 3 aromatic rings. The standard InChI is InChI=1S/C21H16F3N3O6/c1-2-30-19(28)14-7-11-8-16-17(32-10-31-16)9-15(11)26-18(14)27-20(29)25-12-3-5-13(6-4-12)33-21(22,23)24/h3-9H,2,10H2,1H3,(H2,25,26,27,29). The monoisotopic (exact) mass is 463 g/mol. The van der Waals surface area contributed by atoms with E-state index in [-0.39, 0.29) is 30.5 Å². The summed E-state index contributed by atoms with van der Waals surface area (Å²) in [4.78, 5) is 29.3. The smallest absolute Gasteiger partial charge is 0.462 e. The molecule has 9 nitrogen and oxygen atoms in total. The highest BCUT2D eigenvalue weighted by Crippen LogP contribution is 2.36. The van der Waals surface area contributed by atoms with Gasteiger partial charge in [0.2, 0.25) is 6.79 Å². The van der Waals surface area contributed by atoms with Crippen LogP contribution in [-0.2, 0) is 4.74 Å². The first-order chi connectivity index (χ1) is 15.7. The van der Waals surface area contributed by atoms with Crippen LogP contribution in [0.2, 0.25) is 0 Å². The van der Waals surface area contributed by atoms with Crippen LogP contribution in [0.3, 0.4) is 0 Å². The largest absolute Gasteiger partial charge is 0.573 e. The molecule has 2 N–H and O–H groups in total. The molecule has 1 aliphatic heterocycles. The number of pyridine rings is 1. The number of alkyl halides is 3. The highest BCUT2D eigenvalue weighted by Gasteiger charge is 2.31. The number of halogens is 3. The Bertz CT molecular complexity index is 1210. The second-order valence-corrected chi connectivity index (χ2v) is 6.65. The van der Waals surface area contributed by atoms with Gasteiger partial charge in [-0.25, -0.2) is 14.6 Å². The van der Waals surface area contributed by atoms with Crippen LogP contribution in [0.25, 0.3) is 10.9 Å². The number of ether oxygens (including phenoxy) is 4. The van der Waals surface area contributed by atoms with Crippen molar-refractivity contribution in [1.29, 1.82) is 0 Å². The molecule has 0 radical (unpaired) electrons. The Morgan fingerprint density at radius 1 is 1.06 bits per heavy atom. The molecular weight excluding hydrogens is 447 g/mol. The number of esters is 1. The van der Waals surface area contributed by atoms with Crippen molar-refractivity contribution in [2.75, 3.05) is 24.0 Å². The number of amides is 2. The number of fused-ring (bicyclic) bond motifs is 2. The van der Waals surface area contributed by atoms with Crippen LogP contribution < -0.4 is 24.8 Å². The maximum absolute atomic E-state index is 12.5. The van der Waals surface area contributed by atoms with Crippen molar-refractivity contribution in [3.8, 4) is 17.2 Å². The van der Waals surface area contributed by atoms with Gasteiger partial charge in [0.25, 0.3) is 0 Å². The zero-order chi connectivity index (χ0) is 23.6. The number of benzene rings is 2. The molecule has 172 valence electrons. The van der Waals surface area contributed by atoms with E-state index in [1.807, 2.05) is 0 Å². The van der Waals surface area contributed by atoms with Crippen LogP contribution in [0.4, 0.5) is 29.5 Å². The molecular formula is C21H16F3N3O6. The van der Waals surface area contributed by atoms with Gasteiger partial charge in [0.05, 0.1) is 12.1 Å². The van der Waals surface area contributed by atoms with Gasteiger partial charge < -0.3 is 24.3 Å². The summed E-state index contributed by atoms with van der Waals surface area (Å²) >= 11 is 0. The summed E-state index contributed by atoms with van der Waals surface area (Å²) < 4.78 is 56.3. The van der Waals surface area contributed by atoms with Crippen molar-refractivity contribution in [3.05, 3.63) is 48.0 Å². The molecule has 1 aromatic heterocycles. The lowest BCUT2D eigenvalue weighted by Gasteiger charge is -2.13. The van der Waals surface area contributed by atoms with Crippen molar-refractivity contribution < 1.29 is 41.7 Å². The lowest BCUT2D eigenvalue weighted by molar-refractivity contribution is -0.274. The summed E-state index contributed by atoms with van der Waals surface area (Å²) in [5.41, 5.74) is 0.618. The Morgan fingerprint density at radius 2 is 1.76 bits per heavy atom. The SMILES string of the molecule is CCOC(=O)c1cc2cc3c(cc2nc1NC(=O)Nc1ccc(OC(F)(F)F)cc1)OCO3. The molecule has 0 atom stereocenters. The van der Waals surface area contributed by atoms with Crippen LogP contribution in [0.15, 0.2) is 42.5 Å². The van der Waals surface area contributed by atoms with Gasteiger partial charge in [0, 0.05) is 17.1 Å². The number of hydrogen-bond donors (Lipinski definition) is 2. The first-order valence-electron chi connectivity index (χ1n) is 9.57. The van der Waals surface area contributed by atoms with Gasteiger partial charge in [-0.1, -0.05) is 0 Å². The minimum absolute atomic E-state index is 0.00675. The first kappa shape index (κ1) is 22.0. The van der Waals surface area contributed by atoms with E-state index in [4.69, 9.17) is 14.2 Å². The maximum atomic E-state index is 12.5. The van der Waals surface area contributed by atoms with Gasteiger partial charge in [0.1, 0.15) is 17.1 Å². The number of hydrogen-bond acceptors (Lipinski definition) is 7. The zero-order valence-electron chi connectivity index (χ0n) is 17.0. The molecule has 1 aliphatic rings. The molecule has 33 heavy (non-hydrogen) atoms. The fraction of sp³-hybridized carbons (Fsp3) is 0.190. The third-order valence-corrected chi connectivity index (χ3v) is 4.38. The van der Waals surface area contributed by atoms with Crippen molar-refractivity contribution in [3.63, 3.8) is 0 Å². The van der Waals surface area contributed by atoms with E-state index in [9.17, 15) is 22.8 Å². The first-order valence-corrected chi connectivity index (χ1v) is 9.57. The van der Waals surface area contributed by atoms with Crippen LogP contribution in [0.5, 0.6) is 17.2 Å². The van der Waals surface area contributed by atoms with Crippen LogP contribution in [0.1, 0.15) is 17.3 Å². The maximum Gasteiger partial charge on any atom is 0.573 e. The fourth-order valence-electron chi connectivity index (χ4n) is 3.03. The molecule has 0 aliphatic carbocycles. The molecule has 0 saturated heterocycles. The highest BCUT2D eigenvalue weighted by atomic mass is 19.4. The van der Waals surface area contributed by atoms with E-state index in [1.54, 1.807) is 19.1 Å². The number of carbonyl (C=O) groups is 2. The second-order valence-electron chi connectivity index (χ2n) is 6.65. The van der Waals surface area contributed by atoms with E-state index >= 15 is 0 Å². The van der Waals surface area contributed by atoms with Crippen molar-refractivity contribution in [1.82, 2.24) is 4.98 Å². The van der Waals surface area contributed by atoms with Gasteiger partial charge in [-0.15, -0.1) is 13.2 Å². The van der Waals surface area contributed by atoms with Gasteiger partial charge >= 0.3 is 18.4 Å². The van der Waals surface area contributed by atoms with E-state index in [2.05, 4.69) is 20.4 Å². The lowest BCUT2D eigenvalue weighted by Crippen LogP contribution is -2.22. The third-order valence-electron chi connectivity index (χ3n) is 4.38. The third kappa shape index (κ3) is 5.17. The number of nitrogens with zero attached hydrogens (tertiary/aromatic N) is 1. The minimum atomic E-state index is -4.82. The number of carbonyl (C=O) groups excluding carboxylic acids is 2. The average molecular weight is 463 g/mol. The quantitative estimate of drug-likeness (QED) is 0.529. The van der Waals surface area contributed by atoms with E-state index < -0.39 is 24.1 Å². The molecule has 2 heterocycles. The molecule has 2 aromatic carbocycles. The van der Waals surface area contributed by atoms with Crippen molar-refractivity contribution in [2.24, 2.45) is 0 Å². The van der Waals surface area contributed by atoms with E-state index in [0.717, 1.165) is 12.1 Å². The molecule has 2 amide bonds. The van der Waals surface area contributed by atoms with Crippen LogP contribution in [0, 0.1) is 0 Å². The predicted molar refractivity (Wildman–Crippen MR) is 110 cm³/mol. The second kappa shape index (κ2) is 8.73. The summed E-state index contributed by atoms with van der Waals surface area (Å²) in [5, 5.41) is 5.47.